The summed E-state index contributed by atoms with van der Waals surface area (Å²) in [5.41, 5.74) is 0. The van der Waals surface area contributed by atoms with Crippen molar-refractivity contribution in [2.75, 3.05) is 0 Å². The SMILES string of the molecule is CCCCCCCCCC(F)[C](C)C. The molecule has 0 aromatic carbocycles. The summed E-state index contributed by atoms with van der Waals surface area (Å²) in [6.07, 6.45) is 8.96. The molecule has 0 saturated heterocycles. The van der Waals surface area contributed by atoms with Crippen molar-refractivity contribution in [1.82, 2.24) is 0 Å². The Morgan fingerprint density at radius 1 is 0.929 bits per heavy atom. The first-order chi connectivity index (χ1) is 6.68. The summed E-state index contributed by atoms with van der Waals surface area (Å²) in [6.45, 7) is 5.99. The van der Waals surface area contributed by atoms with Crippen LogP contribution < -0.4 is 0 Å². The standard InChI is InChI=1S/C13H26F/c1-4-5-6-7-8-9-10-11-13(14)12(2)3/h13H,4-11H2,1-3H3. The number of hydrogen-bond acceptors (Lipinski definition) is 0. The molecule has 1 radical (unpaired) electrons. The van der Waals surface area contributed by atoms with Gasteiger partial charge < -0.3 is 0 Å². The quantitative estimate of drug-likeness (QED) is 0.456. The molecule has 0 spiro atoms. The largest absolute Gasteiger partial charge is 0.247 e. The van der Waals surface area contributed by atoms with Gasteiger partial charge in [-0.1, -0.05) is 65.7 Å². The highest BCUT2D eigenvalue weighted by atomic mass is 19.1. The van der Waals surface area contributed by atoms with Gasteiger partial charge in [0, 0.05) is 5.92 Å². The van der Waals surface area contributed by atoms with Crippen LogP contribution in [-0.4, -0.2) is 6.17 Å². The van der Waals surface area contributed by atoms with Gasteiger partial charge in [-0.3, -0.25) is 0 Å². The summed E-state index contributed by atoms with van der Waals surface area (Å²) in [4.78, 5) is 0. The second-order valence-corrected chi connectivity index (χ2v) is 4.45. The second kappa shape index (κ2) is 9.48. The fraction of sp³-hybridized carbons (Fsp3) is 0.923. The van der Waals surface area contributed by atoms with Crippen molar-refractivity contribution in [2.45, 2.75) is 78.3 Å². The van der Waals surface area contributed by atoms with Crippen LogP contribution in [0.2, 0.25) is 0 Å². The molecular weight excluding hydrogens is 175 g/mol. The molecule has 0 aliphatic heterocycles. The van der Waals surface area contributed by atoms with Gasteiger partial charge in [0.05, 0.1) is 0 Å². The van der Waals surface area contributed by atoms with Crippen LogP contribution in [0.15, 0.2) is 0 Å². The van der Waals surface area contributed by atoms with Crippen LogP contribution in [0.4, 0.5) is 4.39 Å². The lowest BCUT2D eigenvalue weighted by Gasteiger charge is -2.10. The zero-order chi connectivity index (χ0) is 10.8. The third kappa shape index (κ3) is 8.52. The predicted octanol–water partition coefficient (Wildman–Crippen LogP) is 5.08. The van der Waals surface area contributed by atoms with E-state index in [1.54, 1.807) is 0 Å². The van der Waals surface area contributed by atoms with E-state index in [9.17, 15) is 4.39 Å². The third-order valence-corrected chi connectivity index (χ3v) is 2.69. The molecule has 0 aromatic heterocycles. The average molecular weight is 201 g/mol. The normalized spacial score (nSPS) is 13.5. The van der Waals surface area contributed by atoms with E-state index in [0.29, 0.717) is 0 Å². The molecule has 0 rings (SSSR count). The first kappa shape index (κ1) is 13.9. The maximum absolute atomic E-state index is 13.1. The number of alkyl halides is 1. The molecule has 14 heavy (non-hydrogen) atoms. The van der Waals surface area contributed by atoms with Gasteiger partial charge in [0.1, 0.15) is 6.17 Å². The maximum Gasteiger partial charge on any atom is 0.106 e. The third-order valence-electron chi connectivity index (χ3n) is 2.69. The fourth-order valence-corrected chi connectivity index (χ4v) is 1.57. The van der Waals surface area contributed by atoms with E-state index in [-0.39, 0.29) is 0 Å². The highest BCUT2D eigenvalue weighted by Gasteiger charge is 2.10. The Balaban J connectivity index is 3.06. The van der Waals surface area contributed by atoms with E-state index >= 15 is 0 Å². The van der Waals surface area contributed by atoms with Crippen molar-refractivity contribution in [3.8, 4) is 0 Å². The van der Waals surface area contributed by atoms with Gasteiger partial charge in [0.2, 0.25) is 0 Å². The van der Waals surface area contributed by atoms with Crippen LogP contribution in [-0.2, 0) is 0 Å². The Bertz CT molecular complexity index is 110. The van der Waals surface area contributed by atoms with Crippen molar-refractivity contribution < 1.29 is 4.39 Å². The molecule has 0 amide bonds. The molecule has 1 unspecified atom stereocenters. The molecule has 0 aliphatic rings. The fourth-order valence-electron chi connectivity index (χ4n) is 1.57. The molecule has 0 N–H and O–H groups in total. The van der Waals surface area contributed by atoms with E-state index in [2.05, 4.69) is 6.92 Å². The average Bonchev–Trinajstić information content (AvgIpc) is 2.16. The van der Waals surface area contributed by atoms with Gasteiger partial charge in [-0.15, -0.1) is 0 Å². The Morgan fingerprint density at radius 3 is 1.93 bits per heavy atom. The lowest BCUT2D eigenvalue weighted by molar-refractivity contribution is 0.318. The summed E-state index contributed by atoms with van der Waals surface area (Å²) >= 11 is 0. The van der Waals surface area contributed by atoms with E-state index < -0.39 is 6.17 Å². The Kier molecular flexibility index (Phi) is 9.44. The smallest absolute Gasteiger partial charge is 0.106 e. The van der Waals surface area contributed by atoms with Crippen LogP contribution >= 0.6 is 0 Å². The van der Waals surface area contributed by atoms with Gasteiger partial charge in [0.15, 0.2) is 0 Å². The van der Waals surface area contributed by atoms with Crippen LogP contribution in [0.1, 0.15) is 72.1 Å². The van der Waals surface area contributed by atoms with Crippen molar-refractivity contribution in [3.05, 3.63) is 5.92 Å². The Hall–Kier alpha value is -0.0700. The minimum atomic E-state index is -0.661. The Labute approximate surface area is 89.3 Å². The zero-order valence-corrected chi connectivity index (χ0v) is 10.1. The Morgan fingerprint density at radius 2 is 1.43 bits per heavy atom. The van der Waals surface area contributed by atoms with Crippen molar-refractivity contribution in [3.63, 3.8) is 0 Å². The molecule has 0 nitrogen and oxygen atoms in total. The van der Waals surface area contributed by atoms with Gasteiger partial charge in [-0.25, -0.2) is 4.39 Å². The van der Waals surface area contributed by atoms with Crippen molar-refractivity contribution >= 4 is 0 Å². The molecule has 0 fully saturated rings. The van der Waals surface area contributed by atoms with Gasteiger partial charge >= 0.3 is 0 Å². The lowest BCUT2D eigenvalue weighted by atomic mass is 10.0. The van der Waals surface area contributed by atoms with E-state index in [1.165, 1.54) is 38.5 Å². The van der Waals surface area contributed by atoms with Gasteiger partial charge in [-0.2, -0.15) is 0 Å². The summed E-state index contributed by atoms with van der Waals surface area (Å²) in [7, 11) is 0. The van der Waals surface area contributed by atoms with Crippen LogP contribution in [0.3, 0.4) is 0 Å². The molecule has 0 heterocycles. The summed E-state index contributed by atoms with van der Waals surface area (Å²) in [6, 6.07) is 0. The summed E-state index contributed by atoms with van der Waals surface area (Å²) < 4.78 is 13.1. The minimum Gasteiger partial charge on any atom is -0.247 e. The van der Waals surface area contributed by atoms with Crippen LogP contribution in [0, 0.1) is 5.92 Å². The molecule has 1 heteroatoms. The number of halogens is 1. The summed E-state index contributed by atoms with van der Waals surface area (Å²) in [5.74, 6) is 0.927. The van der Waals surface area contributed by atoms with Gasteiger partial charge in [0.25, 0.3) is 0 Å². The molecular formula is C13H26F. The summed E-state index contributed by atoms with van der Waals surface area (Å²) in [5, 5.41) is 0. The monoisotopic (exact) mass is 201 g/mol. The minimum absolute atomic E-state index is 0.661. The lowest BCUT2D eigenvalue weighted by Crippen LogP contribution is -2.06. The number of unbranched alkanes of at least 4 members (excludes halogenated alkanes) is 6. The maximum atomic E-state index is 13.1. The predicted molar refractivity (Wildman–Crippen MR) is 62.1 cm³/mol. The van der Waals surface area contributed by atoms with Crippen LogP contribution in [0.5, 0.6) is 0 Å². The van der Waals surface area contributed by atoms with E-state index in [4.69, 9.17) is 0 Å². The number of rotatable bonds is 9. The highest BCUT2D eigenvalue weighted by Crippen LogP contribution is 2.17. The molecule has 0 aromatic rings. The van der Waals surface area contributed by atoms with Crippen molar-refractivity contribution in [2.24, 2.45) is 0 Å². The molecule has 0 bridgehead atoms. The van der Waals surface area contributed by atoms with E-state index in [0.717, 1.165) is 18.8 Å². The molecule has 0 aliphatic carbocycles. The highest BCUT2D eigenvalue weighted by molar-refractivity contribution is 4.86. The first-order valence-electron chi connectivity index (χ1n) is 6.12. The second-order valence-electron chi connectivity index (χ2n) is 4.45. The first-order valence-corrected chi connectivity index (χ1v) is 6.12. The van der Waals surface area contributed by atoms with E-state index in [1.807, 2.05) is 13.8 Å². The molecule has 1 atom stereocenters. The van der Waals surface area contributed by atoms with Crippen molar-refractivity contribution in [1.29, 1.82) is 0 Å². The van der Waals surface area contributed by atoms with Crippen LogP contribution in [0.25, 0.3) is 0 Å². The van der Waals surface area contributed by atoms with Gasteiger partial charge in [-0.05, 0) is 6.42 Å². The number of hydrogen-bond donors (Lipinski definition) is 0. The molecule has 0 saturated carbocycles. The zero-order valence-electron chi connectivity index (χ0n) is 10.1. The molecule has 85 valence electrons. The topological polar surface area (TPSA) is 0 Å².